The largest absolute Gasteiger partial charge is 0.495 e. The third-order valence-electron chi connectivity index (χ3n) is 6.37. The maximum absolute atomic E-state index is 13.2. The molecule has 0 aromatic heterocycles. The van der Waals surface area contributed by atoms with E-state index in [1.165, 1.54) is 41.4 Å². The van der Waals surface area contributed by atoms with Crippen LogP contribution >= 0.6 is 0 Å². The lowest BCUT2D eigenvalue weighted by Gasteiger charge is -2.26. The summed E-state index contributed by atoms with van der Waals surface area (Å²) in [6.45, 7) is 2.67. The zero-order chi connectivity index (χ0) is 23.4. The number of rotatable bonds is 7. The SMILES string of the molecule is COc1ccc(NC(=O)[C@@H](C)Oc2ccc3c(c2)CCCC3)cc1S(=O)(=O)N1CCCCC1. The van der Waals surface area contributed by atoms with E-state index in [0.717, 1.165) is 32.1 Å². The van der Waals surface area contributed by atoms with Gasteiger partial charge in [0.1, 0.15) is 16.4 Å². The average Bonchev–Trinajstić information content (AvgIpc) is 2.84. The molecule has 2 aliphatic rings. The summed E-state index contributed by atoms with van der Waals surface area (Å²) in [6, 6.07) is 10.7. The molecule has 1 atom stereocenters. The first-order valence-electron chi connectivity index (χ1n) is 11.7. The fourth-order valence-corrected chi connectivity index (χ4v) is 6.18. The van der Waals surface area contributed by atoms with Crippen molar-refractivity contribution in [2.45, 2.75) is 62.9 Å². The van der Waals surface area contributed by atoms with E-state index in [-0.39, 0.29) is 16.6 Å². The molecule has 0 unspecified atom stereocenters. The number of amides is 1. The van der Waals surface area contributed by atoms with Crippen LogP contribution < -0.4 is 14.8 Å². The molecule has 0 saturated carbocycles. The summed E-state index contributed by atoms with van der Waals surface area (Å²) in [6.07, 6.45) is 6.48. The van der Waals surface area contributed by atoms with E-state index < -0.39 is 16.1 Å². The number of carbonyl (C=O) groups is 1. The number of aryl methyl sites for hydroxylation is 2. The van der Waals surface area contributed by atoms with Crippen LogP contribution in [0.3, 0.4) is 0 Å². The predicted molar refractivity (Wildman–Crippen MR) is 127 cm³/mol. The summed E-state index contributed by atoms with van der Waals surface area (Å²) in [4.78, 5) is 12.9. The number of piperidine rings is 1. The molecule has 33 heavy (non-hydrogen) atoms. The fourth-order valence-electron chi connectivity index (χ4n) is 4.49. The molecule has 0 radical (unpaired) electrons. The third kappa shape index (κ3) is 5.33. The number of nitrogens with zero attached hydrogens (tertiary/aromatic N) is 1. The number of methoxy groups -OCH3 is 1. The second-order valence-corrected chi connectivity index (χ2v) is 10.6. The first kappa shape index (κ1) is 23.6. The number of carbonyl (C=O) groups excluding carboxylic acids is 1. The Balaban J connectivity index is 1.48. The van der Waals surface area contributed by atoms with Gasteiger partial charge in [-0.15, -0.1) is 0 Å². The summed E-state index contributed by atoms with van der Waals surface area (Å²) in [5.41, 5.74) is 3.03. The molecule has 0 spiro atoms. The highest BCUT2D eigenvalue weighted by Gasteiger charge is 2.29. The first-order valence-corrected chi connectivity index (χ1v) is 13.1. The van der Waals surface area contributed by atoms with Crippen LogP contribution in [0.1, 0.15) is 50.2 Å². The monoisotopic (exact) mass is 472 g/mol. The van der Waals surface area contributed by atoms with Gasteiger partial charge in [0.2, 0.25) is 10.0 Å². The smallest absolute Gasteiger partial charge is 0.265 e. The molecule has 1 aliphatic heterocycles. The topological polar surface area (TPSA) is 84.9 Å². The standard InChI is InChI=1S/C25H32N2O5S/c1-18(32-22-12-10-19-8-4-5-9-20(19)16-22)25(28)26-21-11-13-23(31-2)24(17-21)33(29,30)27-14-6-3-7-15-27/h10-13,16-18H,3-9,14-15H2,1-2H3,(H,26,28)/t18-/m1/s1. The molecule has 2 aromatic carbocycles. The maximum Gasteiger partial charge on any atom is 0.265 e. The van der Waals surface area contributed by atoms with Crippen LogP contribution in [-0.4, -0.2) is 44.9 Å². The van der Waals surface area contributed by atoms with E-state index in [9.17, 15) is 13.2 Å². The number of hydrogen-bond acceptors (Lipinski definition) is 5. The highest BCUT2D eigenvalue weighted by molar-refractivity contribution is 7.89. The van der Waals surface area contributed by atoms with Crippen LogP contribution in [0.15, 0.2) is 41.3 Å². The Morgan fingerprint density at radius 1 is 0.970 bits per heavy atom. The minimum absolute atomic E-state index is 0.0629. The van der Waals surface area contributed by atoms with Gasteiger partial charge < -0.3 is 14.8 Å². The van der Waals surface area contributed by atoms with Gasteiger partial charge in [0.25, 0.3) is 5.91 Å². The summed E-state index contributed by atoms with van der Waals surface area (Å²) in [5.74, 6) is 0.581. The van der Waals surface area contributed by atoms with E-state index in [0.29, 0.717) is 24.5 Å². The lowest BCUT2D eigenvalue weighted by Crippen LogP contribution is -2.36. The molecule has 1 fully saturated rings. The number of sulfonamides is 1. The molecule has 1 N–H and O–H groups in total. The van der Waals surface area contributed by atoms with Gasteiger partial charge in [0.15, 0.2) is 6.10 Å². The molecule has 1 heterocycles. The van der Waals surface area contributed by atoms with Crippen molar-refractivity contribution in [2.75, 3.05) is 25.5 Å². The third-order valence-corrected chi connectivity index (χ3v) is 8.29. The van der Waals surface area contributed by atoms with Crippen molar-refractivity contribution in [3.05, 3.63) is 47.5 Å². The van der Waals surface area contributed by atoms with Crippen LogP contribution in [0.25, 0.3) is 0 Å². The molecule has 8 heteroatoms. The van der Waals surface area contributed by atoms with Crippen molar-refractivity contribution >= 4 is 21.6 Å². The van der Waals surface area contributed by atoms with Crippen molar-refractivity contribution in [1.82, 2.24) is 4.31 Å². The fraction of sp³-hybridized carbons (Fsp3) is 0.480. The van der Waals surface area contributed by atoms with E-state index in [1.54, 1.807) is 19.1 Å². The summed E-state index contributed by atoms with van der Waals surface area (Å²) in [7, 11) is -2.27. The molecule has 1 amide bonds. The van der Waals surface area contributed by atoms with Crippen molar-refractivity contribution < 1.29 is 22.7 Å². The predicted octanol–water partition coefficient (Wildman–Crippen LogP) is 4.15. The number of hydrogen-bond donors (Lipinski definition) is 1. The van der Waals surface area contributed by atoms with Crippen LogP contribution in [0.5, 0.6) is 11.5 Å². The molecule has 0 bridgehead atoms. The summed E-state index contributed by atoms with van der Waals surface area (Å²) < 4.78 is 39.1. The van der Waals surface area contributed by atoms with Gasteiger partial charge in [-0.25, -0.2) is 8.42 Å². The van der Waals surface area contributed by atoms with Gasteiger partial charge in [-0.1, -0.05) is 12.5 Å². The minimum Gasteiger partial charge on any atom is -0.495 e. The van der Waals surface area contributed by atoms with Crippen molar-refractivity contribution in [2.24, 2.45) is 0 Å². The molecule has 2 aromatic rings. The zero-order valence-electron chi connectivity index (χ0n) is 19.3. The quantitative estimate of drug-likeness (QED) is 0.654. The zero-order valence-corrected chi connectivity index (χ0v) is 20.1. The number of benzene rings is 2. The van der Waals surface area contributed by atoms with Crippen molar-refractivity contribution in [1.29, 1.82) is 0 Å². The van der Waals surface area contributed by atoms with Gasteiger partial charge in [0.05, 0.1) is 7.11 Å². The lowest BCUT2D eigenvalue weighted by atomic mass is 9.92. The van der Waals surface area contributed by atoms with Gasteiger partial charge in [-0.05, 0) is 86.9 Å². The Hall–Kier alpha value is -2.58. The molecule has 178 valence electrons. The number of anilines is 1. The van der Waals surface area contributed by atoms with E-state index in [1.807, 2.05) is 12.1 Å². The van der Waals surface area contributed by atoms with Gasteiger partial charge in [-0.3, -0.25) is 4.79 Å². The first-order chi connectivity index (χ1) is 15.9. The molecular weight excluding hydrogens is 440 g/mol. The lowest BCUT2D eigenvalue weighted by molar-refractivity contribution is -0.122. The van der Waals surface area contributed by atoms with Crippen LogP contribution in [-0.2, 0) is 27.7 Å². The highest BCUT2D eigenvalue weighted by atomic mass is 32.2. The van der Waals surface area contributed by atoms with Crippen molar-refractivity contribution in [3.63, 3.8) is 0 Å². The van der Waals surface area contributed by atoms with Gasteiger partial charge in [-0.2, -0.15) is 4.31 Å². The Morgan fingerprint density at radius 2 is 1.70 bits per heavy atom. The summed E-state index contributed by atoms with van der Waals surface area (Å²) >= 11 is 0. The van der Waals surface area contributed by atoms with Crippen LogP contribution in [0.4, 0.5) is 5.69 Å². The number of ether oxygens (including phenoxy) is 2. The van der Waals surface area contributed by atoms with Crippen molar-refractivity contribution in [3.8, 4) is 11.5 Å². The van der Waals surface area contributed by atoms with E-state index in [2.05, 4.69) is 11.4 Å². The van der Waals surface area contributed by atoms with E-state index in [4.69, 9.17) is 9.47 Å². The highest BCUT2D eigenvalue weighted by Crippen LogP contribution is 2.31. The molecule has 4 rings (SSSR count). The van der Waals surface area contributed by atoms with E-state index >= 15 is 0 Å². The minimum atomic E-state index is -3.71. The Morgan fingerprint density at radius 3 is 2.42 bits per heavy atom. The normalized spacial score (nSPS) is 17.6. The van der Waals surface area contributed by atoms with Gasteiger partial charge in [0, 0.05) is 18.8 Å². The van der Waals surface area contributed by atoms with Gasteiger partial charge >= 0.3 is 0 Å². The molecule has 1 aliphatic carbocycles. The number of nitrogens with one attached hydrogen (secondary N) is 1. The second kappa shape index (κ2) is 10.1. The summed E-state index contributed by atoms with van der Waals surface area (Å²) in [5, 5.41) is 2.79. The molecule has 7 nitrogen and oxygen atoms in total. The van der Waals surface area contributed by atoms with Crippen LogP contribution in [0, 0.1) is 0 Å². The molecular formula is C25H32N2O5S. The Labute approximate surface area is 196 Å². The number of fused-ring (bicyclic) bond motifs is 1. The van der Waals surface area contributed by atoms with Crippen LogP contribution in [0.2, 0.25) is 0 Å². The second-order valence-electron chi connectivity index (χ2n) is 8.72. The Bertz CT molecular complexity index is 1110. The molecule has 1 saturated heterocycles. The average molecular weight is 473 g/mol. The maximum atomic E-state index is 13.2. The Kier molecular flexibility index (Phi) is 7.24.